The van der Waals surface area contributed by atoms with Crippen LogP contribution in [0.25, 0.3) is 0 Å². The van der Waals surface area contributed by atoms with Crippen molar-refractivity contribution in [2.24, 2.45) is 0 Å². The molecule has 0 aromatic heterocycles. The van der Waals surface area contributed by atoms with E-state index in [0.717, 1.165) is 0 Å². The van der Waals surface area contributed by atoms with Gasteiger partial charge in [-0.1, -0.05) is 6.07 Å². The highest BCUT2D eigenvalue weighted by Crippen LogP contribution is 2.32. The maximum Gasteiger partial charge on any atom is 0.331 e. The number of benzene rings is 1. The van der Waals surface area contributed by atoms with E-state index in [1.165, 1.54) is 26.0 Å². The second kappa shape index (κ2) is 6.97. The molecule has 0 radical (unpaired) electrons. The summed E-state index contributed by atoms with van der Waals surface area (Å²) in [5, 5.41) is 9.52. The van der Waals surface area contributed by atoms with Crippen molar-refractivity contribution in [1.29, 1.82) is 0 Å². The monoisotopic (exact) mass is 295 g/mol. The highest BCUT2D eigenvalue weighted by atomic mass is 16.5. The number of carbonyl (C=O) groups excluding carboxylic acids is 1. The first-order chi connectivity index (χ1) is 9.83. The van der Waals surface area contributed by atoms with Crippen LogP contribution in [-0.2, 0) is 9.59 Å². The van der Waals surface area contributed by atoms with Crippen LogP contribution in [0.4, 0.5) is 0 Å². The van der Waals surface area contributed by atoms with Crippen LogP contribution in [-0.4, -0.2) is 42.1 Å². The van der Waals surface area contributed by atoms with Crippen LogP contribution in [0.2, 0.25) is 0 Å². The van der Waals surface area contributed by atoms with E-state index in [2.05, 4.69) is 0 Å². The third kappa shape index (κ3) is 3.65. The summed E-state index contributed by atoms with van der Waals surface area (Å²) in [5.74, 6) is -0.462. The Kier molecular flexibility index (Phi) is 5.58. The minimum atomic E-state index is -1.09. The summed E-state index contributed by atoms with van der Waals surface area (Å²) >= 11 is 0. The molecule has 1 aromatic carbocycles. The lowest BCUT2D eigenvalue weighted by Gasteiger charge is -2.32. The van der Waals surface area contributed by atoms with E-state index in [9.17, 15) is 14.7 Å². The lowest BCUT2D eigenvalue weighted by atomic mass is 10.0. The van der Waals surface area contributed by atoms with E-state index in [4.69, 9.17) is 9.47 Å². The molecule has 1 aromatic rings. The number of carboxylic acids is 1. The molecule has 0 aliphatic carbocycles. The molecular formula is C15H21NO5. The van der Waals surface area contributed by atoms with Gasteiger partial charge in [-0.15, -0.1) is 0 Å². The van der Waals surface area contributed by atoms with Gasteiger partial charge in [-0.3, -0.25) is 4.79 Å². The minimum absolute atomic E-state index is 0.239. The van der Waals surface area contributed by atoms with Crippen molar-refractivity contribution in [1.82, 2.24) is 4.90 Å². The second-order valence-electron chi connectivity index (χ2n) is 4.88. The smallest absolute Gasteiger partial charge is 0.331 e. The van der Waals surface area contributed by atoms with Crippen LogP contribution in [0.5, 0.6) is 11.5 Å². The summed E-state index contributed by atoms with van der Waals surface area (Å²) in [6.07, 6.45) is 0. The maximum atomic E-state index is 11.8. The number of hydrogen-bond acceptors (Lipinski definition) is 4. The zero-order chi connectivity index (χ0) is 16.2. The van der Waals surface area contributed by atoms with Crippen molar-refractivity contribution in [3.05, 3.63) is 23.8 Å². The lowest BCUT2D eigenvalue weighted by Crippen LogP contribution is -2.42. The van der Waals surface area contributed by atoms with Crippen LogP contribution in [0.15, 0.2) is 18.2 Å². The normalized spacial score (nSPS) is 11.9. The third-order valence-electron chi connectivity index (χ3n) is 3.16. The molecule has 1 N–H and O–H groups in total. The second-order valence-corrected chi connectivity index (χ2v) is 4.88. The molecule has 1 amide bonds. The van der Waals surface area contributed by atoms with Gasteiger partial charge in [-0.05, 0) is 31.5 Å². The molecule has 0 aliphatic rings. The van der Waals surface area contributed by atoms with Crippen LogP contribution >= 0.6 is 0 Å². The minimum Gasteiger partial charge on any atom is -0.493 e. The van der Waals surface area contributed by atoms with Crippen LogP contribution in [0.3, 0.4) is 0 Å². The summed E-state index contributed by atoms with van der Waals surface area (Å²) in [6.45, 7) is 4.91. The van der Waals surface area contributed by atoms with E-state index in [-0.39, 0.29) is 11.9 Å². The van der Waals surface area contributed by atoms with Gasteiger partial charge in [0.25, 0.3) is 0 Å². The standard InChI is InChI=1S/C15H21NO5/c1-9(2)16(10(3)17)14(15(18)19)11-6-7-12(20-4)13(8-11)21-5/h6-9,14H,1-5H3,(H,18,19). The number of carboxylic acid groups (broad SMARTS) is 1. The first-order valence-electron chi connectivity index (χ1n) is 6.57. The molecule has 0 spiro atoms. The maximum absolute atomic E-state index is 11.8. The Labute approximate surface area is 124 Å². The molecule has 0 saturated heterocycles. The van der Waals surface area contributed by atoms with Crippen LogP contribution in [0, 0.1) is 0 Å². The molecule has 1 unspecified atom stereocenters. The van der Waals surface area contributed by atoms with Crippen molar-refractivity contribution >= 4 is 11.9 Å². The molecular weight excluding hydrogens is 274 g/mol. The average molecular weight is 295 g/mol. The average Bonchev–Trinajstić information content (AvgIpc) is 2.42. The molecule has 21 heavy (non-hydrogen) atoms. The van der Waals surface area contributed by atoms with Gasteiger partial charge in [0.15, 0.2) is 17.5 Å². The van der Waals surface area contributed by atoms with Gasteiger partial charge in [0.1, 0.15) is 0 Å². The summed E-state index contributed by atoms with van der Waals surface area (Å²) in [5.41, 5.74) is 0.462. The van der Waals surface area contributed by atoms with Crippen LogP contribution in [0.1, 0.15) is 32.4 Å². The number of methoxy groups -OCH3 is 2. The quantitative estimate of drug-likeness (QED) is 0.869. The van der Waals surface area contributed by atoms with Crippen molar-refractivity contribution in [2.45, 2.75) is 32.9 Å². The number of nitrogens with zero attached hydrogens (tertiary/aromatic N) is 1. The molecule has 116 valence electrons. The van der Waals surface area contributed by atoms with Gasteiger partial charge in [-0.25, -0.2) is 4.79 Å². The molecule has 6 heteroatoms. The van der Waals surface area contributed by atoms with Gasteiger partial charge in [0.2, 0.25) is 5.91 Å². The van der Waals surface area contributed by atoms with Gasteiger partial charge in [0.05, 0.1) is 14.2 Å². The van der Waals surface area contributed by atoms with Crippen molar-refractivity contribution in [3.8, 4) is 11.5 Å². The first-order valence-corrected chi connectivity index (χ1v) is 6.57. The van der Waals surface area contributed by atoms with Crippen molar-refractivity contribution < 1.29 is 24.2 Å². The first kappa shape index (κ1) is 16.8. The van der Waals surface area contributed by atoms with Gasteiger partial charge in [-0.2, -0.15) is 0 Å². The Hall–Kier alpha value is -2.24. The van der Waals surface area contributed by atoms with E-state index in [1.807, 2.05) is 0 Å². The highest BCUT2D eigenvalue weighted by Gasteiger charge is 2.32. The number of amides is 1. The number of rotatable bonds is 6. The Morgan fingerprint density at radius 1 is 1.14 bits per heavy atom. The van der Waals surface area contributed by atoms with Crippen molar-refractivity contribution in [2.75, 3.05) is 14.2 Å². The van der Waals surface area contributed by atoms with Gasteiger partial charge >= 0.3 is 5.97 Å². The summed E-state index contributed by atoms with van der Waals surface area (Å²) in [7, 11) is 2.98. The number of carbonyl (C=O) groups is 2. The van der Waals surface area contributed by atoms with Crippen molar-refractivity contribution in [3.63, 3.8) is 0 Å². The molecule has 0 fully saturated rings. The zero-order valence-corrected chi connectivity index (χ0v) is 12.9. The molecule has 0 bridgehead atoms. The molecule has 1 atom stereocenters. The molecule has 0 saturated carbocycles. The predicted molar refractivity (Wildman–Crippen MR) is 77.6 cm³/mol. The van der Waals surface area contributed by atoms with Gasteiger partial charge in [0, 0.05) is 13.0 Å². The molecule has 1 rings (SSSR count). The van der Waals surface area contributed by atoms with E-state index in [1.54, 1.807) is 32.0 Å². The van der Waals surface area contributed by atoms with E-state index < -0.39 is 12.0 Å². The fourth-order valence-electron chi connectivity index (χ4n) is 2.29. The fraction of sp³-hybridized carbons (Fsp3) is 0.467. The predicted octanol–water partition coefficient (Wildman–Crippen LogP) is 2.09. The summed E-state index contributed by atoms with van der Waals surface area (Å²) < 4.78 is 10.3. The topological polar surface area (TPSA) is 76.1 Å². The SMILES string of the molecule is COc1ccc(C(C(=O)O)N(C(C)=O)C(C)C)cc1OC. The Balaban J connectivity index is 3.35. The lowest BCUT2D eigenvalue weighted by molar-refractivity contribution is -0.151. The van der Waals surface area contributed by atoms with Crippen LogP contribution < -0.4 is 9.47 Å². The highest BCUT2D eigenvalue weighted by molar-refractivity contribution is 5.84. The Bertz CT molecular complexity index is 527. The molecule has 0 aliphatic heterocycles. The summed E-state index contributed by atoms with van der Waals surface area (Å²) in [4.78, 5) is 24.8. The van der Waals surface area contributed by atoms with Gasteiger partial charge < -0.3 is 19.5 Å². The summed E-state index contributed by atoms with van der Waals surface area (Å²) in [6, 6.07) is 3.52. The van der Waals surface area contributed by atoms with E-state index >= 15 is 0 Å². The Morgan fingerprint density at radius 3 is 2.10 bits per heavy atom. The number of hydrogen-bond donors (Lipinski definition) is 1. The molecule has 0 heterocycles. The Morgan fingerprint density at radius 2 is 1.71 bits per heavy atom. The molecule has 6 nitrogen and oxygen atoms in total. The zero-order valence-electron chi connectivity index (χ0n) is 12.9. The fourth-order valence-corrected chi connectivity index (χ4v) is 2.29. The third-order valence-corrected chi connectivity index (χ3v) is 3.16. The number of aliphatic carboxylic acids is 1. The number of ether oxygens (including phenoxy) is 2. The largest absolute Gasteiger partial charge is 0.493 e. The van der Waals surface area contributed by atoms with E-state index in [0.29, 0.717) is 17.1 Å².